The molecule has 0 fully saturated rings. The maximum absolute atomic E-state index is 3.60. The van der Waals surface area contributed by atoms with Gasteiger partial charge in [0, 0.05) is 33.4 Å². The van der Waals surface area contributed by atoms with Crippen LogP contribution >= 0.6 is 27.7 Å². The van der Waals surface area contributed by atoms with Crippen molar-refractivity contribution in [3.8, 4) is 0 Å². The highest BCUT2D eigenvalue weighted by molar-refractivity contribution is 9.10. The molecule has 1 heterocycles. The summed E-state index contributed by atoms with van der Waals surface area (Å²) in [7, 11) is 0. The molecule has 2 rings (SSSR count). The fraction of sp³-hybridized carbons (Fsp3) is 0.333. The number of rotatable bonds is 3. The van der Waals surface area contributed by atoms with E-state index >= 15 is 0 Å². The van der Waals surface area contributed by atoms with E-state index in [-0.39, 0.29) is 0 Å². The van der Waals surface area contributed by atoms with Gasteiger partial charge in [-0.2, -0.15) is 11.8 Å². The SMILES string of the molecule is CCn1c(CSC)cc2c(Br)cccc21. The average molecular weight is 284 g/mol. The predicted molar refractivity (Wildman–Crippen MR) is 72.5 cm³/mol. The molecule has 0 bridgehead atoms. The number of fused-ring (bicyclic) bond motifs is 1. The number of thioether (sulfide) groups is 1. The van der Waals surface area contributed by atoms with Gasteiger partial charge in [-0.05, 0) is 31.4 Å². The fourth-order valence-electron chi connectivity index (χ4n) is 1.94. The van der Waals surface area contributed by atoms with E-state index in [9.17, 15) is 0 Å². The summed E-state index contributed by atoms with van der Waals surface area (Å²) in [5.74, 6) is 1.08. The third-order valence-corrected chi connectivity index (χ3v) is 3.86. The Bertz CT molecular complexity index is 476. The van der Waals surface area contributed by atoms with Crippen LogP contribution in [0.5, 0.6) is 0 Å². The van der Waals surface area contributed by atoms with Gasteiger partial charge < -0.3 is 4.57 Å². The Morgan fingerprint density at radius 3 is 2.87 bits per heavy atom. The second-order valence-corrected chi connectivity index (χ2v) is 5.21. The molecule has 0 spiro atoms. The maximum Gasteiger partial charge on any atom is 0.0494 e. The summed E-state index contributed by atoms with van der Waals surface area (Å²) in [6.07, 6.45) is 2.15. The first kappa shape index (κ1) is 11.1. The van der Waals surface area contributed by atoms with Gasteiger partial charge in [-0.3, -0.25) is 0 Å². The van der Waals surface area contributed by atoms with E-state index in [0.29, 0.717) is 0 Å². The zero-order chi connectivity index (χ0) is 10.8. The van der Waals surface area contributed by atoms with E-state index in [1.807, 2.05) is 11.8 Å². The summed E-state index contributed by atoms with van der Waals surface area (Å²) in [5, 5.41) is 1.32. The van der Waals surface area contributed by atoms with E-state index in [0.717, 1.165) is 12.3 Å². The lowest BCUT2D eigenvalue weighted by Gasteiger charge is -2.06. The average Bonchev–Trinajstić information content (AvgIpc) is 2.58. The zero-order valence-electron chi connectivity index (χ0n) is 8.96. The molecule has 80 valence electrons. The smallest absolute Gasteiger partial charge is 0.0494 e. The van der Waals surface area contributed by atoms with Crippen molar-refractivity contribution in [2.75, 3.05) is 6.26 Å². The summed E-state index contributed by atoms with van der Waals surface area (Å²) in [4.78, 5) is 0. The van der Waals surface area contributed by atoms with Crippen LogP contribution in [0, 0.1) is 0 Å². The Hall–Kier alpha value is -0.410. The normalized spacial score (nSPS) is 11.1. The van der Waals surface area contributed by atoms with Crippen LogP contribution in [-0.4, -0.2) is 10.8 Å². The minimum Gasteiger partial charge on any atom is -0.344 e. The van der Waals surface area contributed by atoms with Crippen LogP contribution in [-0.2, 0) is 12.3 Å². The van der Waals surface area contributed by atoms with Crippen molar-refractivity contribution in [2.45, 2.75) is 19.2 Å². The number of hydrogen-bond acceptors (Lipinski definition) is 1. The molecular formula is C12H14BrNS. The fourth-order valence-corrected chi connectivity index (χ4v) is 2.95. The van der Waals surface area contributed by atoms with Gasteiger partial charge >= 0.3 is 0 Å². The highest BCUT2D eigenvalue weighted by Crippen LogP contribution is 2.28. The lowest BCUT2D eigenvalue weighted by atomic mass is 10.2. The van der Waals surface area contributed by atoms with Gasteiger partial charge in [0.1, 0.15) is 0 Å². The lowest BCUT2D eigenvalue weighted by Crippen LogP contribution is -1.98. The molecule has 1 nitrogen and oxygen atoms in total. The summed E-state index contributed by atoms with van der Waals surface area (Å²) in [5.41, 5.74) is 2.74. The van der Waals surface area contributed by atoms with Crippen molar-refractivity contribution in [1.29, 1.82) is 0 Å². The lowest BCUT2D eigenvalue weighted by molar-refractivity contribution is 0.766. The van der Waals surface area contributed by atoms with Gasteiger partial charge in [-0.1, -0.05) is 22.0 Å². The van der Waals surface area contributed by atoms with E-state index < -0.39 is 0 Å². The quantitative estimate of drug-likeness (QED) is 0.814. The Morgan fingerprint density at radius 2 is 2.20 bits per heavy atom. The van der Waals surface area contributed by atoms with Gasteiger partial charge in [0.05, 0.1) is 0 Å². The van der Waals surface area contributed by atoms with E-state index in [1.54, 1.807) is 0 Å². The summed E-state index contributed by atoms with van der Waals surface area (Å²) in [6.45, 7) is 3.24. The van der Waals surface area contributed by atoms with Crippen LogP contribution in [0.1, 0.15) is 12.6 Å². The second kappa shape index (κ2) is 4.62. The molecule has 0 aliphatic heterocycles. The van der Waals surface area contributed by atoms with Crippen molar-refractivity contribution in [3.05, 3.63) is 34.4 Å². The first-order chi connectivity index (χ1) is 7.27. The van der Waals surface area contributed by atoms with Crippen molar-refractivity contribution in [2.24, 2.45) is 0 Å². The van der Waals surface area contributed by atoms with E-state index in [2.05, 4.69) is 57.9 Å². The minimum atomic E-state index is 1.04. The Kier molecular flexibility index (Phi) is 3.42. The molecule has 15 heavy (non-hydrogen) atoms. The number of hydrogen-bond donors (Lipinski definition) is 0. The molecule has 0 aliphatic carbocycles. The van der Waals surface area contributed by atoms with Gasteiger partial charge in [-0.25, -0.2) is 0 Å². The highest BCUT2D eigenvalue weighted by atomic mass is 79.9. The molecule has 0 amide bonds. The molecular weight excluding hydrogens is 270 g/mol. The van der Waals surface area contributed by atoms with Crippen LogP contribution in [0.25, 0.3) is 10.9 Å². The largest absolute Gasteiger partial charge is 0.344 e. The van der Waals surface area contributed by atoms with Crippen LogP contribution < -0.4 is 0 Å². The molecule has 0 saturated carbocycles. The van der Waals surface area contributed by atoms with Crippen molar-refractivity contribution in [3.63, 3.8) is 0 Å². The molecule has 1 aromatic carbocycles. The van der Waals surface area contributed by atoms with Gasteiger partial charge in [0.15, 0.2) is 0 Å². The summed E-state index contributed by atoms with van der Waals surface area (Å²) < 4.78 is 3.57. The Labute approximate surface area is 103 Å². The molecule has 0 atom stereocenters. The first-order valence-electron chi connectivity index (χ1n) is 5.03. The molecule has 0 radical (unpaired) electrons. The van der Waals surface area contributed by atoms with Crippen LogP contribution in [0.4, 0.5) is 0 Å². The first-order valence-corrected chi connectivity index (χ1v) is 7.22. The molecule has 0 aliphatic rings. The van der Waals surface area contributed by atoms with E-state index in [1.165, 1.54) is 21.1 Å². The molecule has 2 aromatic rings. The zero-order valence-corrected chi connectivity index (χ0v) is 11.4. The molecule has 0 unspecified atom stereocenters. The topological polar surface area (TPSA) is 4.93 Å². The van der Waals surface area contributed by atoms with Gasteiger partial charge in [0.2, 0.25) is 0 Å². The summed E-state index contributed by atoms with van der Waals surface area (Å²) >= 11 is 5.47. The minimum absolute atomic E-state index is 1.04. The molecule has 0 saturated heterocycles. The van der Waals surface area contributed by atoms with Crippen molar-refractivity contribution in [1.82, 2.24) is 4.57 Å². The molecule has 0 N–H and O–H groups in total. The standard InChI is InChI=1S/C12H14BrNS/c1-3-14-9(8-15-2)7-10-11(13)5-4-6-12(10)14/h4-7H,3,8H2,1-2H3. The van der Waals surface area contributed by atoms with E-state index in [4.69, 9.17) is 0 Å². The monoisotopic (exact) mass is 283 g/mol. The third kappa shape index (κ3) is 1.95. The number of nitrogens with zero attached hydrogens (tertiary/aromatic N) is 1. The predicted octanol–water partition coefficient (Wildman–Crippen LogP) is 4.29. The van der Waals surface area contributed by atoms with Gasteiger partial charge in [-0.15, -0.1) is 0 Å². The third-order valence-electron chi connectivity index (χ3n) is 2.59. The number of aryl methyl sites for hydroxylation is 1. The second-order valence-electron chi connectivity index (χ2n) is 3.49. The summed E-state index contributed by atoms with van der Waals surface area (Å²) in [6, 6.07) is 8.68. The molecule has 3 heteroatoms. The Morgan fingerprint density at radius 1 is 1.40 bits per heavy atom. The number of aromatic nitrogens is 1. The van der Waals surface area contributed by atoms with Crippen LogP contribution in [0.2, 0.25) is 0 Å². The number of halogens is 1. The highest BCUT2D eigenvalue weighted by Gasteiger charge is 2.08. The van der Waals surface area contributed by atoms with Crippen LogP contribution in [0.15, 0.2) is 28.7 Å². The maximum atomic E-state index is 3.60. The Balaban J connectivity index is 2.67. The van der Waals surface area contributed by atoms with Crippen LogP contribution in [0.3, 0.4) is 0 Å². The van der Waals surface area contributed by atoms with Crippen molar-refractivity contribution < 1.29 is 0 Å². The van der Waals surface area contributed by atoms with Crippen molar-refractivity contribution >= 4 is 38.6 Å². The molecule has 1 aromatic heterocycles. The number of benzene rings is 1. The van der Waals surface area contributed by atoms with Gasteiger partial charge in [0.25, 0.3) is 0 Å².